The van der Waals surface area contributed by atoms with Crippen LogP contribution in [0.5, 0.6) is 0 Å². The normalized spacial score (nSPS) is 13.7. The van der Waals surface area contributed by atoms with Gasteiger partial charge >= 0.3 is 5.97 Å². The summed E-state index contributed by atoms with van der Waals surface area (Å²) >= 11 is 6.09. The van der Waals surface area contributed by atoms with Gasteiger partial charge in [0.15, 0.2) is 0 Å². The lowest BCUT2D eigenvalue weighted by Gasteiger charge is -2.37. The minimum atomic E-state index is -1.17. The van der Waals surface area contributed by atoms with Crippen LogP contribution >= 0.6 is 11.6 Å². The highest BCUT2D eigenvalue weighted by atomic mass is 35.5. The minimum absolute atomic E-state index is 0.0514. The molecule has 3 aromatic carbocycles. The van der Waals surface area contributed by atoms with Crippen molar-refractivity contribution >= 4 is 40.5 Å². The molecule has 0 spiro atoms. The van der Waals surface area contributed by atoms with Crippen LogP contribution in [0.1, 0.15) is 20.7 Å². The number of piperazine rings is 1. The Morgan fingerprint density at radius 2 is 1.50 bits per heavy atom. The van der Waals surface area contributed by atoms with Crippen LogP contribution in [0.2, 0.25) is 5.02 Å². The maximum Gasteiger partial charge on any atom is 0.337 e. The highest BCUT2D eigenvalue weighted by Crippen LogP contribution is 2.27. The molecule has 1 aliphatic heterocycles. The first-order valence-corrected chi connectivity index (χ1v) is 10.5. The lowest BCUT2D eigenvalue weighted by molar-refractivity contribution is 0.0698. The Balaban J connectivity index is 1.49. The standard InChI is InChI=1S/C24H21ClFN3O3/c25-16-4-3-5-17(14-16)28-10-12-29(13-11-28)18-8-9-22(20(15-18)24(31)32)27-23(30)19-6-1-2-7-21(19)26/h1-9,14-15H,10-13H2,(H,27,30)(H,31,32). The molecule has 0 unspecified atom stereocenters. The van der Waals surface area contributed by atoms with Crippen LogP contribution in [0.4, 0.5) is 21.5 Å². The zero-order valence-electron chi connectivity index (χ0n) is 17.1. The molecule has 0 bridgehead atoms. The van der Waals surface area contributed by atoms with Crippen LogP contribution in [0.15, 0.2) is 66.7 Å². The van der Waals surface area contributed by atoms with Crippen LogP contribution in [-0.4, -0.2) is 43.2 Å². The number of nitrogens with zero attached hydrogens (tertiary/aromatic N) is 2. The lowest BCUT2D eigenvalue weighted by Crippen LogP contribution is -2.46. The van der Waals surface area contributed by atoms with E-state index in [4.69, 9.17) is 11.6 Å². The molecule has 1 saturated heterocycles. The highest BCUT2D eigenvalue weighted by Gasteiger charge is 2.21. The van der Waals surface area contributed by atoms with Gasteiger partial charge in [0.05, 0.1) is 16.8 Å². The van der Waals surface area contributed by atoms with E-state index in [0.29, 0.717) is 18.1 Å². The van der Waals surface area contributed by atoms with Gasteiger partial charge in [-0.05, 0) is 48.5 Å². The van der Waals surface area contributed by atoms with E-state index in [-0.39, 0.29) is 16.8 Å². The molecule has 1 amide bonds. The zero-order chi connectivity index (χ0) is 22.7. The summed E-state index contributed by atoms with van der Waals surface area (Å²) in [7, 11) is 0. The van der Waals surface area contributed by atoms with Crippen LogP contribution < -0.4 is 15.1 Å². The number of anilines is 3. The van der Waals surface area contributed by atoms with E-state index < -0.39 is 17.7 Å². The van der Waals surface area contributed by atoms with E-state index in [1.165, 1.54) is 24.3 Å². The summed E-state index contributed by atoms with van der Waals surface area (Å²) in [6, 6.07) is 18.1. The van der Waals surface area contributed by atoms with Crippen molar-refractivity contribution in [1.29, 1.82) is 0 Å². The summed E-state index contributed by atoms with van der Waals surface area (Å²) in [5, 5.41) is 12.9. The van der Waals surface area contributed by atoms with Crippen molar-refractivity contribution in [1.82, 2.24) is 0 Å². The molecule has 0 aliphatic carbocycles. The molecule has 4 rings (SSSR count). The molecule has 0 saturated carbocycles. The first-order valence-electron chi connectivity index (χ1n) is 10.1. The predicted octanol–water partition coefficient (Wildman–Crippen LogP) is 4.76. The van der Waals surface area contributed by atoms with Gasteiger partial charge in [-0.3, -0.25) is 4.79 Å². The van der Waals surface area contributed by atoms with Crippen LogP contribution in [0, 0.1) is 5.82 Å². The van der Waals surface area contributed by atoms with Gasteiger partial charge in [0.2, 0.25) is 0 Å². The summed E-state index contributed by atoms with van der Waals surface area (Å²) in [4.78, 5) is 28.6. The van der Waals surface area contributed by atoms with Crippen LogP contribution in [0.3, 0.4) is 0 Å². The van der Waals surface area contributed by atoms with Crippen molar-refractivity contribution in [2.24, 2.45) is 0 Å². The monoisotopic (exact) mass is 453 g/mol. The first-order chi connectivity index (χ1) is 15.4. The Morgan fingerprint density at radius 3 is 2.12 bits per heavy atom. The fourth-order valence-corrected chi connectivity index (χ4v) is 3.93. The average Bonchev–Trinajstić information content (AvgIpc) is 2.79. The Kier molecular flexibility index (Phi) is 6.28. The van der Waals surface area contributed by atoms with Gasteiger partial charge in [0.1, 0.15) is 5.82 Å². The van der Waals surface area contributed by atoms with Crippen molar-refractivity contribution < 1.29 is 19.1 Å². The van der Waals surface area contributed by atoms with Gasteiger partial charge in [-0.15, -0.1) is 0 Å². The Hall–Kier alpha value is -3.58. The highest BCUT2D eigenvalue weighted by molar-refractivity contribution is 6.30. The number of hydrogen-bond acceptors (Lipinski definition) is 4. The molecular formula is C24H21ClFN3O3. The summed E-state index contributed by atoms with van der Waals surface area (Å²) in [5.74, 6) is -2.54. The number of hydrogen-bond donors (Lipinski definition) is 2. The first kappa shape index (κ1) is 21.6. The van der Waals surface area contributed by atoms with Crippen molar-refractivity contribution in [3.8, 4) is 0 Å². The van der Waals surface area contributed by atoms with Crippen LogP contribution in [-0.2, 0) is 0 Å². The minimum Gasteiger partial charge on any atom is -0.478 e. The van der Waals surface area contributed by atoms with Gasteiger partial charge in [-0.1, -0.05) is 29.8 Å². The van der Waals surface area contributed by atoms with E-state index in [1.54, 1.807) is 18.2 Å². The molecule has 0 atom stereocenters. The Bertz CT molecular complexity index is 1160. The summed E-state index contributed by atoms with van der Waals surface area (Å²) in [6.45, 7) is 2.92. The fourth-order valence-electron chi connectivity index (χ4n) is 3.75. The molecule has 2 N–H and O–H groups in total. The van der Waals surface area contributed by atoms with Crippen molar-refractivity contribution in [2.75, 3.05) is 41.3 Å². The molecular weight excluding hydrogens is 433 g/mol. The van der Waals surface area contributed by atoms with Gasteiger partial charge in [-0.2, -0.15) is 0 Å². The topological polar surface area (TPSA) is 72.9 Å². The number of nitrogens with one attached hydrogen (secondary N) is 1. The van der Waals surface area contributed by atoms with E-state index in [0.717, 1.165) is 24.5 Å². The maximum atomic E-state index is 13.9. The molecule has 1 aliphatic rings. The number of halogens is 2. The zero-order valence-corrected chi connectivity index (χ0v) is 17.8. The third kappa shape index (κ3) is 4.68. The molecule has 6 nitrogen and oxygen atoms in total. The van der Waals surface area contributed by atoms with Gasteiger partial charge in [-0.25, -0.2) is 9.18 Å². The number of carboxylic acids is 1. The number of benzene rings is 3. The summed E-state index contributed by atoms with van der Waals surface area (Å²) < 4.78 is 13.9. The maximum absolute atomic E-state index is 13.9. The molecule has 0 aromatic heterocycles. The second kappa shape index (κ2) is 9.28. The van der Waals surface area contributed by atoms with E-state index in [9.17, 15) is 19.1 Å². The average molecular weight is 454 g/mol. The SMILES string of the molecule is O=C(Nc1ccc(N2CCN(c3cccc(Cl)c3)CC2)cc1C(=O)O)c1ccccc1F. The number of carbonyl (C=O) groups is 2. The van der Waals surface area contributed by atoms with Gasteiger partial charge in [0, 0.05) is 42.6 Å². The Morgan fingerprint density at radius 1 is 0.844 bits per heavy atom. The number of amides is 1. The van der Waals surface area contributed by atoms with Crippen molar-refractivity contribution in [3.63, 3.8) is 0 Å². The van der Waals surface area contributed by atoms with E-state index in [2.05, 4.69) is 15.1 Å². The third-order valence-electron chi connectivity index (χ3n) is 5.42. The second-order valence-electron chi connectivity index (χ2n) is 7.42. The van der Waals surface area contributed by atoms with Gasteiger partial charge < -0.3 is 20.2 Å². The molecule has 8 heteroatoms. The molecule has 3 aromatic rings. The molecule has 1 fully saturated rings. The van der Waals surface area contributed by atoms with Gasteiger partial charge in [0.25, 0.3) is 5.91 Å². The van der Waals surface area contributed by atoms with Crippen molar-refractivity contribution in [3.05, 3.63) is 88.7 Å². The molecule has 0 radical (unpaired) electrons. The largest absolute Gasteiger partial charge is 0.478 e. The summed E-state index contributed by atoms with van der Waals surface area (Å²) in [5.41, 5.74) is 1.72. The molecule has 1 heterocycles. The second-order valence-corrected chi connectivity index (χ2v) is 7.86. The summed E-state index contributed by atoms with van der Waals surface area (Å²) in [6.07, 6.45) is 0. The predicted molar refractivity (Wildman–Crippen MR) is 124 cm³/mol. The fraction of sp³-hybridized carbons (Fsp3) is 0.167. The van der Waals surface area contributed by atoms with E-state index >= 15 is 0 Å². The van der Waals surface area contributed by atoms with E-state index in [1.807, 2.05) is 24.3 Å². The smallest absolute Gasteiger partial charge is 0.337 e. The molecule has 164 valence electrons. The lowest BCUT2D eigenvalue weighted by atomic mass is 10.1. The quantitative estimate of drug-likeness (QED) is 0.583. The number of rotatable bonds is 5. The van der Waals surface area contributed by atoms with Crippen molar-refractivity contribution in [2.45, 2.75) is 0 Å². The van der Waals surface area contributed by atoms with Crippen LogP contribution in [0.25, 0.3) is 0 Å². The third-order valence-corrected chi connectivity index (χ3v) is 5.65. The number of carbonyl (C=O) groups excluding carboxylic acids is 1. The number of aromatic carboxylic acids is 1. The Labute approximate surface area is 189 Å². The molecule has 32 heavy (non-hydrogen) atoms. The number of carboxylic acid groups (broad SMARTS) is 1.